The molecule has 0 spiro atoms. The van der Waals surface area contributed by atoms with Gasteiger partial charge in [-0.3, -0.25) is 14.6 Å². The molecule has 3 heterocycles. The normalized spacial score (nSPS) is 16.8. The van der Waals surface area contributed by atoms with Gasteiger partial charge in [-0.2, -0.15) is 0 Å². The summed E-state index contributed by atoms with van der Waals surface area (Å²) < 4.78 is 0. The Morgan fingerprint density at radius 3 is 2.88 bits per heavy atom. The summed E-state index contributed by atoms with van der Waals surface area (Å²) in [6.07, 6.45) is 4.14. The molecule has 1 fully saturated rings. The van der Waals surface area contributed by atoms with Crippen molar-refractivity contribution < 1.29 is 14.7 Å². The van der Waals surface area contributed by atoms with E-state index in [9.17, 15) is 19.5 Å². The van der Waals surface area contributed by atoms with E-state index < -0.39 is 17.6 Å². The van der Waals surface area contributed by atoms with Gasteiger partial charge < -0.3 is 15.0 Å². The van der Waals surface area contributed by atoms with E-state index in [1.807, 2.05) is 0 Å². The van der Waals surface area contributed by atoms with Crippen molar-refractivity contribution in [2.24, 2.45) is 0 Å². The van der Waals surface area contributed by atoms with E-state index in [1.165, 1.54) is 4.90 Å². The molecular weight excluding hydrogens is 324 g/mol. The van der Waals surface area contributed by atoms with Crippen LogP contribution in [0.15, 0.2) is 29.3 Å². The van der Waals surface area contributed by atoms with Crippen molar-refractivity contribution in [3.05, 3.63) is 46.1 Å². The van der Waals surface area contributed by atoms with Gasteiger partial charge in [-0.05, 0) is 31.9 Å². The van der Waals surface area contributed by atoms with Crippen LogP contribution in [-0.2, 0) is 16.0 Å². The zero-order chi connectivity index (χ0) is 18.0. The number of rotatable bonds is 4. The molecule has 2 aromatic rings. The number of aryl methyl sites for hydroxylation is 1. The van der Waals surface area contributed by atoms with Crippen LogP contribution in [0.1, 0.15) is 24.1 Å². The highest BCUT2D eigenvalue weighted by atomic mass is 16.4. The van der Waals surface area contributed by atoms with Gasteiger partial charge in [0.05, 0.1) is 6.42 Å². The number of nitrogens with one attached hydrogen (secondary N) is 1. The van der Waals surface area contributed by atoms with E-state index in [0.29, 0.717) is 36.5 Å². The Morgan fingerprint density at radius 2 is 2.24 bits per heavy atom. The second-order valence-electron chi connectivity index (χ2n) is 5.98. The molecule has 130 valence electrons. The van der Waals surface area contributed by atoms with E-state index in [1.54, 1.807) is 31.5 Å². The molecule has 0 saturated carbocycles. The van der Waals surface area contributed by atoms with Crippen molar-refractivity contribution in [2.45, 2.75) is 32.2 Å². The summed E-state index contributed by atoms with van der Waals surface area (Å²) in [5.74, 6) is -0.993. The van der Waals surface area contributed by atoms with Crippen LogP contribution < -0.4 is 5.56 Å². The molecule has 1 amide bonds. The summed E-state index contributed by atoms with van der Waals surface area (Å²) in [6.45, 7) is 2.06. The Bertz CT molecular complexity index is 863. The van der Waals surface area contributed by atoms with Crippen LogP contribution in [0.4, 0.5) is 0 Å². The summed E-state index contributed by atoms with van der Waals surface area (Å²) in [7, 11) is 0. The highest BCUT2D eigenvalue weighted by Crippen LogP contribution is 2.19. The maximum Gasteiger partial charge on any atom is 0.326 e. The number of likely N-dealkylation sites (tertiary alicyclic amines) is 1. The van der Waals surface area contributed by atoms with E-state index >= 15 is 0 Å². The van der Waals surface area contributed by atoms with Crippen molar-refractivity contribution in [1.29, 1.82) is 0 Å². The fourth-order valence-corrected chi connectivity index (χ4v) is 3.03. The number of aliphatic carboxylic acids is 1. The lowest BCUT2D eigenvalue weighted by atomic mass is 10.1. The highest BCUT2D eigenvalue weighted by molar-refractivity contribution is 5.85. The van der Waals surface area contributed by atoms with Gasteiger partial charge in [0.15, 0.2) is 0 Å². The number of carboxylic acid groups (broad SMARTS) is 1. The first-order chi connectivity index (χ1) is 12.0. The average Bonchev–Trinajstić information content (AvgIpc) is 3.08. The van der Waals surface area contributed by atoms with Gasteiger partial charge in [-0.25, -0.2) is 9.78 Å². The van der Waals surface area contributed by atoms with E-state index in [2.05, 4.69) is 15.0 Å². The number of H-pyrrole nitrogens is 1. The second-order valence-corrected chi connectivity index (χ2v) is 5.98. The quantitative estimate of drug-likeness (QED) is 0.847. The number of hydrogen-bond donors (Lipinski definition) is 2. The zero-order valence-electron chi connectivity index (χ0n) is 13.7. The third-order valence-corrected chi connectivity index (χ3v) is 4.34. The maximum atomic E-state index is 12.5. The SMILES string of the molecule is Cc1nc(-c2cccnc2)[nH]c(=O)c1CC(=O)N1CCCC1C(=O)O. The van der Waals surface area contributed by atoms with Crippen LogP contribution in [0.25, 0.3) is 11.4 Å². The maximum absolute atomic E-state index is 12.5. The molecule has 1 atom stereocenters. The topological polar surface area (TPSA) is 116 Å². The molecule has 2 aromatic heterocycles. The number of hydrogen-bond acceptors (Lipinski definition) is 5. The summed E-state index contributed by atoms with van der Waals surface area (Å²) in [5.41, 5.74) is 0.979. The number of carbonyl (C=O) groups excluding carboxylic acids is 1. The molecule has 0 aromatic carbocycles. The molecule has 3 rings (SSSR count). The van der Waals surface area contributed by atoms with Crippen molar-refractivity contribution in [1.82, 2.24) is 19.9 Å². The van der Waals surface area contributed by atoms with Gasteiger partial charge in [0, 0.05) is 35.8 Å². The summed E-state index contributed by atoms with van der Waals surface area (Å²) >= 11 is 0. The molecule has 1 saturated heterocycles. The number of aromatic amines is 1. The first kappa shape index (κ1) is 16.8. The first-order valence-corrected chi connectivity index (χ1v) is 8.00. The van der Waals surface area contributed by atoms with Crippen molar-refractivity contribution >= 4 is 11.9 Å². The van der Waals surface area contributed by atoms with Crippen molar-refractivity contribution in [2.75, 3.05) is 6.54 Å². The lowest BCUT2D eigenvalue weighted by molar-refractivity contribution is -0.148. The van der Waals surface area contributed by atoms with Gasteiger partial charge in [0.2, 0.25) is 5.91 Å². The van der Waals surface area contributed by atoms with Crippen LogP contribution in [0.2, 0.25) is 0 Å². The van der Waals surface area contributed by atoms with Gasteiger partial charge >= 0.3 is 5.97 Å². The predicted octanol–water partition coefficient (Wildman–Crippen LogP) is 0.758. The Balaban J connectivity index is 1.85. The predicted molar refractivity (Wildman–Crippen MR) is 88.9 cm³/mol. The minimum absolute atomic E-state index is 0.161. The molecule has 1 unspecified atom stereocenters. The van der Waals surface area contributed by atoms with Gasteiger partial charge in [0.25, 0.3) is 5.56 Å². The van der Waals surface area contributed by atoms with E-state index in [0.717, 1.165) is 0 Å². The Hall–Kier alpha value is -3.03. The third kappa shape index (κ3) is 3.42. The first-order valence-electron chi connectivity index (χ1n) is 8.00. The number of aromatic nitrogens is 3. The van der Waals surface area contributed by atoms with E-state index in [-0.39, 0.29) is 17.9 Å². The van der Waals surface area contributed by atoms with Crippen LogP contribution in [-0.4, -0.2) is 49.4 Å². The van der Waals surface area contributed by atoms with Crippen molar-refractivity contribution in [3.63, 3.8) is 0 Å². The average molecular weight is 342 g/mol. The second kappa shape index (κ2) is 6.84. The fraction of sp³-hybridized carbons (Fsp3) is 0.353. The summed E-state index contributed by atoms with van der Waals surface area (Å²) in [6, 6.07) is 2.70. The molecule has 8 nitrogen and oxygen atoms in total. The highest BCUT2D eigenvalue weighted by Gasteiger charge is 2.34. The molecule has 1 aliphatic rings. The van der Waals surface area contributed by atoms with Crippen LogP contribution in [0, 0.1) is 6.92 Å². The van der Waals surface area contributed by atoms with Crippen molar-refractivity contribution in [3.8, 4) is 11.4 Å². The monoisotopic (exact) mass is 342 g/mol. The molecular formula is C17H18N4O4. The van der Waals surface area contributed by atoms with Crippen LogP contribution >= 0.6 is 0 Å². The lowest BCUT2D eigenvalue weighted by Gasteiger charge is -2.21. The zero-order valence-corrected chi connectivity index (χ0v) is 13.7. The molecule has 0 bridgehead atoms. The Morgan fingerprint density at radius 1 is 1.44 bits per heavy atom. The number of pyridine rings is 1. The molecule has 1 aliphatic heterocycles. The van der Waals surface area contributed by atoms with Gasteiger partial charge in [-0.15, -0.1) is 0 Å². The molecule has 0 aliphatic carbocycles. The Labute approximate surface area is 143 Å². The van der Waals surface area contributed by atoms with Gasteiger partial charge in [0.1, 0.15) is 11.9 Å². The third-order valence-electron chi connectivity index (χ3n) is 4.34. The lowest BCUT2D eigenvalue weighted by Crippen LogP contribution is -2.42. The van der Waals surface area contributed by atoms with E-state index in [4.69, 9.17) is 0 Å². The fourth-order valence-electron chi connectivity index (χ4n) is 3.03. The number of nitrogens with zero attached hydrogens (tertiary/aromatic N) is 3. The summed E-state index contributed by atoms with van der Waals surface area (Å²) in [4.78, 5) is 48.4. The van der Waals surface area contributed by atoms with Gasteiger partial charge in [-0.1, -0.05) is 0 Å². The molecule has 25 heavy (non-hydrogen) atoms. The minimum atomic E-state index is -1.01. The minimum Gasteiger partial charge on any atom is -0.480 e. The smallest absolute Gasteiger partial charge is 0.326 e. The van der Waals surface area contributed by atoms with Crippen LogP contribution in [0.3, 0.4) is 0 Å². The van der Waals surface area contributed by atoms with Crippen LogP contribution in [0.5, 0.6) is 0 Å². The number of carboxylic acids is 1. The Kier molecular flexibility index (Phi) is 4.60. The standard InChI is InChI=1S/C17H18N4O4/c1-10-12(8-14(22)21-7-3-5-13(21)17(24)25)16(23)20-15(19-10)11-4-2-6-18-9-11/h2,4,6,9,13H,3,5,7-8H2,1H3,(H,24,25)(H,19,20,23). The largest absolute Gasteiger partial charge is 0.480 e. The number of carbonyl (C=O) groups is 2. The number of amides is 1. The molecule has 0 radical (unpaired) electrons. The summed E-state index contributed by atoms with van der Waals surface area (Å²) in [5, 5.41) is 9.19. The molecule has 8 heteroatoms. The molecule has 2 N–H and O–H groups in total.